The van der Waals surface area contributed by atoms with Crippen molar-refractivity contribution in [3.05, 3.63) is 0 Å². The van der Waals surface area contributed by atoms with E-state index >= 15 is 0 Å². The molecule has 2 fully saturated rings. The summed E-state index contributed by atoms with van der Waals surface area (Å²) in [6, 6.07) is 0. The predicted molar refractivity (Wildman–Crippen MR) is 64.1 cm³/mol. The molecule has 7 N–H and O–H groups in total. The van der Waals surface area contributed by atoms with Crippen molar-refractivity contribution in [2.24, 2.45) is 16.6 Å². The van der Waals surface area contributed by atoms with Gasteiger partial charge < -0.3 is 36.2 Å². The number of ether oxygens (including phenoxy) is 1. The minimum absolute atomic E-state index is 0.0238. The lowest BCUT2D eigenvalue weighted by Gasteiger charge is -2.60. The monoisotopic (exact) mass is 287 g/mol. The fourth-order valence-corrected chi connectivity index (χ4v) is 3.55. The van der Waals surface area contributed by atoms with Gasteiger partial charge in [0.15, 0.2) is 24.4 Å². The average molecular weight is 287 g/mol. The molecule has 3 aliphatic rings. The summed E-state index contributed by atoms with van der Waals surface area (Å²) in [5, 5.41) is 43.6. The third kappa shape index (κ3) is 1.46. The zero-order valence-corrected chi connectivity index (χ0v) is 10.7. The third-order valence-electron chi connectivity index (χ3n) is 4.53. The lowest BCUT2D eigenvalue weighted by atomic mass is 9.59. The van der Waals surface area contributed by atoms with Gasteiger partial charge in [-0.3, -0.25) is 0 Å². The maximum atomic E-state index is 11.8. The maximum absolute atomic E-state index is 11.8. The molecule has 2 heterocycles. The average Bonchev–Trinajstić information content (AvgIpc) is 2.33. The summed E-state index contributed by atoms with van der Waals surface area (Å²) < 4.78 is 4.92. The maximum Gasteiger partial charge on any atom is 0.338 e. The van der Waals surface area contributed by atoms with Crippen LogP contribution in [0.5, 0.6) is 0 Å². The highest BCUT2D eigenvalue weighted by molar-refractivity contribution is 5.84. The zero-order valence-electron chi connectivity index (χ0n) is 10.7. The molecule has 3 rings (SSSR count). The number of nitrogens with one attached hydrogen (secondary N) is 1. The number of aliphatic hydroxyl groups excluding tert-OH is 3. The largest absolute Gasteiger partial charge is 0.454 e. The SMILES string of the molecule is C[C@]1(O)C[C@@H]2[C@@H](O)N=C(N)N[C@]23[C@@H](O)C(=O)O[C@H]1[C@@H]3O. The fraction of sp³-hybridized carbons (Fsp3) is 0.818. The van der Waals surface area contributed by atoms with Crippen molar-refractivity contribution in [3.63, 3.8) is 0 Å². The van der Waals surface area contributed by atoms with Gasteiger partial charge >= 0.3 is 5.97 Å². The molecular formula is C11H17N3O6. The number of hydrogen-bond donors (Lipinski definition) is 6. The second kappa shape index (κ2) is 3.82. The molecule has 2 aliphatic heterocycles. The fourth-order valence-electron chi connectivity index (χ4n) is 3.55. The number of aliphatic imine (C=N–C) groups is 1. The van der Waals surface area contributed by atoms with Crippen LogP contribution in [0.15, 0.2) is 4.99 Å². The first-order valence-corrected chi connectivity index (χ1v) is 6.28. The smallest absolute Gasteiger partial charge is 0.338 e. The van der Waals surface area contributed by atoms with Crippen LogP contribution in [0.2, 0.25) is 0 Å². The van der Waals surface area contributed by atoms with E-state index in [1.54, 1.807) is 0 Å². The Kier molecular flexibility index (Phi) is 2.59. The second-order valence-corrected chi connectivity index (χ2v) is 5.86. The van der Waals surface area contributed by atoms with E-state index in [9.17, 15) is 25.2 Å². The summed E-state index contributed by atoms with van der Waals surface area (Å²) in [7, 11) is 0. The van der Waals surface area contributed by atoms with E-state index in [0.29, 0.717) is 0 Å². The van der Waals surface area contributed by atoms with Gasteiger partial charge in [0.05, 0.1) is 0 Å². The van der Waals surface area contributed by atoms with Crippen LogP contribution in [0.25, 0.3) is 0 Å². The van der Waals surface area contributed by atoms with Crippen LogP contribution in [0.1, 0.15) is 13.3 Å². The molecule has 2 bridgehead atoms. The van der Waals surface area contributed by atoms with Gasteiger partial charge in [0.25, 0.3) is 0 Å². The molecule has 7 atom stereocenters. The van der Waals surface area contributed by atoms with Crippen molar-refractivity contribution in [3.8, 4) is 0 Å². The van der Waals surface area contributed by atoms with Gasteiger partial charge in [0, 0.05) is 5.92 Å². The summed E-state index contributed by atoms with van der Waals surface area (Å²) in [5.41, 5.74) is 2.38. The standard InChI is InChI=1S/C11H17N3O6/c1-10(19)2-3-7(17)13-9(12)14-11(3)4(15)6(10)20-8(18)5(11)16/h3-7,15-17,19H,2H2,1H3,(H3,12,13,14)/t3-,4+,5+,6+,7-,10+,11-/m1/s1. The van der Waals surface area contributed by atoms with Crippen molar-refractivity contribution >= 4 is 11.9 Å². The van der Waals surface area contributed by atoms with Gasteiger partial charge in [-0.25, -0.2) is 9.79 Å². The molecule has 20 heavy (non-hydrogen) atoms. The van der Waals surface area contributed by atoms with Crippen LogP contribution in [-0.2, 0) is 9.53 Å². The Morgan fingerprint density at radius 1 is 1.45 bits per heavy atom. The molecule has 0 aromatic heterocycles. The molecule has 1 aliphatic carbocycles. The highest BCUT2D eigenvalue weighted by atomic mass is 16.6. The van der Waals surface area contributed by atoms with Gasteiger partial charge in [0.2, 0.25) is 0 Å². The molecule has 9 nitrogen and oxygen atoms in total. The molecule has 0 aromatic rings. The van der Waals surface area contributed by atoms with E-state index in [-0.39, 0.29) is 12.4 Å². The number of esters is 1. The molecule has 0 radical (unpaired) electrons. The molecule has 0 amide bonds. The van der Waals surface area contributed by atoms with Crippen LogP contribution in [-0.4, -0.2) is 68.0 Å². The van der Waals surface area contributed by atoms with Crippen molar-refractivity contribution in [1.29, 1.82) is 0 Å². The number of carbonyl (C=O) groups excluding carboxylic acids is 1. The first-order chi connectivity index (χ1) is 9.20. The van der Waals surface area contributed by atoms with Crippen LogP contribution in [0, 0.1) is 5.92 Å². The number of nitrogens with two attached hydrogens (primary N) is 1. The van der Waals surface area contributed by atoms with E-state index < -0.39 is 47.6 Å². The Hall–Kier alpha value is -1.42. The molecular weight excluding hydrogens is 270 g/mol. The Balaban J connectivity index is 2.16. The number of aliphatic hydroxyl groups is 4. The predicted octanol–water partition coefficient (Wildman–Crippen LogP) is -3.62. The Morgan fingerprint density at radius 3 is 2.75 bits per heavy atom. The molecule has 9 heteroatoms. The second-order valence-electron chi connectivity index (χ2n) is 5.86. The Morgan fingerprint density at radius 2 is 2.10 bits per heavy atom. The van der Waals surface area contributed by atoms with Crippen molar-refractivity contribution in [2.75, 3.05) is 0 Å². The van der Waals surface area contributed by atoms with E-state index in [0.717, 1.165) is 0 Å². The van der Waals surface area contributed by atoms with Gasteiger partial charge in [-0.05, 0) is 13.3 Å². The zero-order chi connectivity index (χ0) is 14.9. The topological polar surface area (TPSA) is 158 Å². The minimum atomic E-state index is -1.72. The summed E-state index contributed by atoms with van der Waals surface area (Å²) in [5.74, 6) is -2.07. The molecule has 0 aromatic carbocycles. The van der Waals surface area contributed by atoms with Crippen LogP contribution >= 0.6 is 0 Å². The third-order valence-corrected chi connectivity index (χ3v) is 4.53. The number of rotatable bonds is 0. The Labute approximate surface area is 114 Å². The highest BCUT2D eigenvalue weighted by Crippen LogP contribution is 2.48. The summed E-state index contributed by atoms with van der Waals surface area (Å²) in [6.07, 6.45) is -5.75. The van der Waals surface area contributed by atoms with E-state index in [1.807, 2.05) is 0 Å². The molecule has 1 spiro atoms. The van der Waals surface area contributed by atoms with Crippen LogP contribution in [0.3, 0.4) is 0 Å². The van der Waals surface area contributed by atoms with E-state index in [2.05, 4.69) is 10.3 Å². The molecule has 0 unspecified atom stereocenters. The first kappa shape index (κ1) is 13.6. The number of fused-ring (bicyclic) bond motifs is 1. The summed E-state index contributed by atoms with van der Waals surface area (Å²) in [4.78, 5) is 15.5. The lowest BCUT2D eigenvalue weighted by molar-refractivity contribution is -0.267. The number of hydrogen-bond acceptors (Lipinski definition) is 9. The number of guanidine groups is 1. The van der Waals surface area contributed by atoms with Crippen LogP contribution in [0.4, 0.5) is 0 Å². The van der Waals surface area contributed by atoms with Crippen molar-refractivity contribution in [1.82, 2.24) is 5.32 Å². The first-order valence-electron chi connectivity index (χ1n) is 6.28. The van der Waals surface area contributed by atoms with Gasteiger partial charge in [-0.15, -0.1) is 0 Å². The quantitative estimate of drug-likeness (QED) is 0.249. The minimum Gasteiger partial charge on any atom is -0.454 e. The van der Waals surface area contributed by atoms with Crippen molar-refractivity contribution in [2.45, 2.75) is 49.0 Å². The summed E-state index contributed by atoms with van der Waals surface area (Å²) >= 11 is 0. The Bertz CT molecular complexity index is 495. The van der Waals surface area contributed by atoms with Crippen LogP contribution < -0.4 is 11.1 Å². The number of nitrogens with zero attached hydrogens (tertiary/aromatic N) is 1. The van der Waals surface area contributed by atoms with E-state index in [1.165, 1.54) is 6.92 Å². The number of carbonyl (C=O) groups is 1. The molecule has 1 saturated heterocycles. The van der Waals surface area contributed by atoms with Gasteiger partial charge in [0.1, 0.15) is 17.2 Å². The molecule has 112 valence electrons. The molecule has 1 saturated carbocycles. The highest BCUT2D eigenvalue weighted by Gasteiger charge is 2.70. The summed E-state index contributed by atoms with van der Waals surface area (Å²) in [6.45, 7) is 1.39. The normalized spacial score (nSPS) is 54.4. The van der Waals surface area contributed by atoms with Crippen molar-refractivity contribution < 1.29 is 30.0 Å². The van der Waals surface area contributed by atoms with E-state index in [4.69, 9.17) is 10.5 Å². The lowest BCUT2D eigenvalue weighted by Crippen LogP contribution is -2.84. The van der Waals surface area contributed by atoms with Gasteiger partial charge in [-0.2, -0.15) is 0 Å². The van der Waals surface area contributed by atoms with Gasteiger partial charge in [-0.1, -0.05) is 0 Å².